The molecule has 4 rings (SSSR count). The average molecular weight is 425 g/mol. The Hall–Kier alpha value is -3.36. The van der Waals surface area contributed by atoms with E-state index in [0.29, 0.717) is 43.8 Å². The molecule has 164 valence electrons. The maximum absolute atomic E-state index is 13.2. The highest BCUT2D eigenvalue weighted by Gasteiger charge is 2.29. The summed E-state index contributed by atoms with van der Waals surface area (Å²) in [6, 6.07) is 3.82. The van der Waals surface area contributed by atoms with Crippen LogP contribution < -0.4 is 14.4 Å². The van der Waals surface area contributed by atoms with Crippen LogP contribution in [0, 0.1) is 0 Å². The molecule has 9 nitrogen and oxygen atoms in total. The quantitative estimate of drug-likeness (QED) is 0.526. The lowest BCUT2D eigenvalue weighted by atomic mass is 10.1. The number of nitrogens with one attached hydrogen (secondary N) is 1. The second-order valence-corrected chi connectivity index (χ2v) is 7.52. The van der Waals surface area contributed by atoms with Crippen LogP contribution in [0.15, 0.2) is 30.7 Å². The number of fused-ring (bicyclic) bond motifs is 1. The number of nitrogens with zero attached hydrogens (tertiary/aromatic N) is 5. The predicted molar refractivity (Wildman–Crippen MR) is 117 cm³/mol. The first kappa shape index (κ1) is 20.9. The van der Waals surface area contributed by atoms with Crippen molar-refractivity contribution in [2.24, 2.45) is 0 Å². The summed E-state index contributed by atoms with van der Waals surface area (Å²) < 4.78 is 11.2. The van der Waals surface area contributed by atoms with Crippen molar-refractivity contribution in [3.05, 3.63) is 36.3 Å². The number of ether oxygens (including phenoxy) is 2. The number of hydrogen-bond acceptors (Lipinski definition) is 6. The van der Waals surface area contributed by atoms with Crippen molar-refractivity contribution in [2.45, 2.75) is 39.2 Å². The molecule has 31 heavy (non-hydrogen) atoms. The highest BCUT2D eigenvalue weighted by atomic mass is 16.5. The third-order valence-corrected chi connectivity index (χ3v) is 5.38. The minimum Gasteiger partial charge on any atom is -0.490 e. The summed E-state index contributed by atoms with van der Waals surface area (Å²) >= 11 is 0. The molecule has 0 atom stereocenters. The maximum Gasteiger partial charge on any atom is 0.327 e. The summed E-state index contributed by atoms with van der Waals surface area (Å²) in [4.78, 5) is 33.0. The SMILES string of the molecule is CCCCCOc1nc(N2CCCN(Cc3ccnc4[nH]ccc34)C2=O)ncc1OC. The van der Waals surface area contributed by atoms with Crippen molar-refractivity contribution >= 4 is 23.0 Å². The number of rotatable bonds is 9. The fourth-order valence-corrected chi connectivity index (χ4v) is 3.72. The van der Waals surface area contributed by atoms with Crippen molar-refractivity contribution in [3.63, 3.8) is 0 Å². The van der Waals surface area contributed by atoms with Crippen LogP contribution in [0.25, 0.3) is 11.0 Å². The first-order valence-corrected chi connectivity index (χ1v) is 10.7. The van der Waals surface area contributed by atoms with Gasteiger partial charge in [0.15, 0.2) is 5.75 Å². The number of carbonyl (C=O) groups excluding carboxylic acids is 1. The van der Waals surface area contributed by atoms with Gasteiger partial charge in [-0.3, -0.25) is 4.90 Å². The summed E-state index contributed by atoms with van der Waals surface area (Å²) in [6.07, 6.45) is 9.15. The second-order valence-electron chi connectivity index (χ2n) is 7.52. The van der Waals surface area contributed by atoms with Gasteiger partial charge in [-0.25, -0.2) is 14.8 Å². The van der Waals surface area contributed by atoms with Gasteiger partial charge in [0, 0.05) is 37.4 Å². The average Bonchev–Trinajstić information content (AvgIpc) is 3.28. The van der Waals surface area contributed by atoms with Gasteiger partial charge in [-0.2, -0.15) is 4.98 Å². The van der Waals surface area contributed by atoms with Crippen molar-refractivity contribution in [1.29, 1.82) is 0 Å². The van der Waals surface area contributed by atoms with E-state index in [1.807, 2.05) is 23.2 Å². The Balaban J connectivity index is 1.51. The molecular weight excluding hydrogens is 396 g/mol. The number of methoxy groups -OCH3 is 1. The van der Waals surface area contributed by atoms with Gasteiger partial charge in [0.2, 0.25) is 5.95 Å². The topological polar surface area (TPSA) is 96.5 Å². The number of unbranched alkanes of at least 4 members (excludes halogenated alkanes) is 2. The van der Waals surface area contributed by atoms with Gasteiger partial charge in [-0.05, 0) is 30.5 Å². The molecular formula is C22H28N6O3. The van der Waals surface area contributed by atoms with Crippen LogP contribution in [0.3, 0.4) is 0 Å². The number of carbonyl (C=O) groups is 1. The minimum atomic E-state index is -0.117. The van der Waals surface area contributed by atoms with Gasteiger partial charge in [0.1, 0.15) is 5.65 Å². The fourth-order valence-electron chi connectivity index (χ4n) is 3.72. The van der Waals surface area contributed by atoms with Gasteiger partial charge in [-0.1, -0.05) is 19.8 Å². The number of aromatic amines is 1. The Kier molecular flexibility index (Phi) is 6.49. The summed E-state index contributed by atoms with van der Waals surface area (Å²) in [5.41, 5.74) is 1.87. The number of pyridine rings is 1. The van der Waals surface area contributed by atoms with Crippen molar-refractivity contribution in [1.82, 2.24) is 24.8 Å². The Bertz CT molecular complexity index is 1040. The maximum atomic E-state index is 13.2. The van der Waals surface area contributed by atoms with Crippen molar-refractivity contribution in [3.8, 4) is 11.6 Å². The number of anilines is 1. The number of amides is 2. The molecule has 1 N–H and O–H groups in total. The number of hydrogen-bond donors (Lipinski definition) is 1. The summed E-state index contributed by atoms with van der Waals surface area (Å²) in [7, 11) is 1.56. The molecule has 1 aliphatic heterocycles. The Morgan fingerprint density at radius 1 is 1.19 bits per heavy atom. The molecule has 3 aromatic heterocycles. The summed E-state index contributed by atoms with van der Waals surface area (Å²) in [5, 5.41) is 1.02. The molecule has 0 saturated carbocycles. The van der Waals surface area contributed by atoms with E-state index in [4.69, 9.17) is 9.47 Å². The van der Waals surface area contributed by atoms with Crippen LogP contribution in [0.5, 0.6) is 11.6 Å². The predicted octanol–water partition coefficient (Wildman–Crippen LogP) is 3.76. The normalized spacial score (nSPS) is 14.3. The zero-order valence-electron chi connectivity index (χ0n) is 18.0. The monoisotopic (exact) mass is 424 g/mol. The van der Waals surface area contributed by atoms with Gasteiger partial charge in [0.05, 0.1) is 19.9 Å². The first-order chi connectivity index (χ1) is 15.2. The van der Waals surface area contributed by atoms with Crippen LogP contribution in [-0.4, -0.2) is 57.7 Å². The molecule has 0 radical (unpaired) electrons. The summed E-state index contributed by atoms with van der Waals surface area (Å²) in [6.45, 7) is 4.44. The molecule has 0 bridgehead atoms. The van der Waals surface area contributed by atoms with Crippen LogP contribution in [-0.2, 0) is 6.54 Å². The van der Waals surface area contributed by atoms with Crippen LogP contribution in [0.2, 0.25) is 0 Å². The van der Waals surface area contributed by atoms with E-state index < -0.39 is 0 Å². The third kappa shape index (κ3) is 4.55. The standard InChI is InChI=1S/C22H28N6O3/c1-3-4-5-13-31-20-18(30-2)14-25-21(26-20)28-12-6-11-27(22(28)29)15-16-7-9-23-19-17(16)8-10-24-19/h7-10,14H,3-6,11-13,15H2,1-2H3,(H,23,24). The molecule has 0 aromatic carbocycles. The molecule has 9 heteroatoms. The van der Waals surface area contributed by atoms with E-state index in [1.165, 1.54) is 0 Å². The summed E-state index contributed by atoms with van der Waals surface area (Å²) in [5.74, 6) is 1.17. The Morgan fingerprint density at radius 2 is 2.10 bits per heavy atom. The molecule has 0 aliphatic carbocycles. The smallest absolute Gasteiger partial charge is 0.327 e. The molecule has 3 aromatic rings. The first-order valence-electron chi connectivity index (χ1n) is 10.7. The lowest BCUT2D eigenvalue weighted by Gasteiger charge is -2.34. The largest absolute Gasteiger partial charge is 0.490 e. The van der Waals surface area contributed by atoms with Crippen LogP contribution in [0.1, 0.15) is 38.2 Å². The minimum absolute atomic E-state index is 0.117. The molecule has 4 heterocycles. The highest BCUT2D eigenvalue weighted by molar-refractivity contribution is 5.91. The zero-order chi connectivity index (χ0) is 21.6. The van der Waals surface area contributed by atoms with Gasteiger partial charge in [0.25, 0.3) is 5.88 Å². The molecule has 1 saturated heterocycles. The van der Waals surface area contributed by atoms with Gasteiger partial charge >= 0.3 is 6.03 Å². The highest BCUT2D eigenvalue weighted by Crippen LogP contribution is 2.28. The molecule has 1 fully saturated rings. The van der Waals surface area contributed by atoms with Crippen LogP contribution >= 0.6 is 0 Å². The van der Waals surface area contributed by atoms with E-state index in [-0.39, 0.29) is 6.03 Å². The third-order valence-electron chi connectivity index (χ3n) is 5.38. The Morgan fingerprint density at radius 3 is 2.94 bits per heavy atom. The van der Waals surface area contributed by atoms with E-state index in [9.17, 15) is 4.79 Å². The molecule has 0 unspecified atom stereocenters. The lowest BCUT2D eigenvalue weighted by Crippen LogP contribution is -2.49. The van der Waals surface area contributed by atoms with Crippen molar-refractivity contribution < 1.29 is 14.3 Å². The van der Waals surface area contributed by atoms with E-state index in [0.717, 1.165) is 42.3 Å². The molecule has 2 amide bonds. The molecule has 0 spiro atoms. The molecule has 1 aliphatic rings. The lowest BCUT2D eigenvalue weighted by molar-refractivity contribution is 0.192. The number of H-pyrrole nitrogens is 1. The second kappa shape index (κ2) is 9.63. The Labute approximate surface area is 181 Å². The van der Waals surface area contributed by atoms with E-state index in [1.54, 1.807) is 24.4 Å². The van der Waals surface area contributed by atoms with Crippen LogP contribution in [0.4, 0.5) is 10.7 Å². The fraction of sp³-hybridized carbons (Fsp3) is 0.455. The number of urea groups is 1. The van der Waals surface area contributed by atoms with Gasteiger partial charge < -0.3 is 19.4 Å². The number of aromatic nitrogens is 4. The zero-order valence-corrected chi connectivity index (χ0v) is 18.0. The van der Waals surface area contributed by atoms with E-state index in [2.05, 4.69) is 26.9 Å². The van der Waals surface area contributed by atoms with E-state index >= 15 is 0 Å². The van der Waals surface area contributed by atoms with Crippen molar-refractivity contribution in [2.75, 3.05) is 31.7 Å². The van der Waals surface area contributed by atoms with Gasteiger partial charge in [-0.15, -0.1) is 0 Å².